The van der Waals surface area contributed by atoms with Crippen molar-refractivity contribution in [2.45, 2.75) is 50.6 Å². The molecule has 0 aliphatic rings. The van der Waals surface area contributed by atoms with Crippen molar-refractivity contribution >= 4 is 0 Å². The highest BCUT2D eigenvalue weighted by Gasteiger charge is 2.60. The second-order valence-electron chi connectivity index (χ2n) is 5.70. The quantitative estimate of drug-likeness (QED) is 0.282. The summed E-state index contributed by atoms with van der Waals surface area (Å²) in [5.41, 5.74) is 0. The molecule has 2 unspecified atom stereocenters. The fourth-order valence-corrected chi connectivity index (χ4v) is 1.01. The minimum Gasteiger partial charge on any atom is -0.269 e. The fraction of sp³-hybridized carbons (Fsp3) is 0.714. The molecular weight excluding hydrogens is 542 g/mol. The van der Waals surface area contributed by atoms with Crippen molar-refractivity contribution in [3.05, 3.63) is 24.8 Å². The molecule has 0 saturated carbocycles. The van der Waals surface area contributed by atoms with Gasteiger partial charge in [0.25, 0.3) is 0 Å². The summed E-state index contributed by atoms with van der Waals surface area (Å²) in [4.78, 5) is 0. The van der Waals surface area contributed by atoms with Crippen molar-refractivity contribution in [2.75, 3.05) is 0 Å². The lowest BCUT2D eigenvalue weighted by Crippen LogP contribution is -2.44. The van der Waals surface area contributed by atoms with Crippen LogP contribution in [-0.4, -0.2) is 36.8 Å². The molecule has 20 heteroatoms. The molecule has 0 heterocycles. The molecule has 208 valence electrons. The maximum Gasteiger partial charge on any atom is 0.413 e. The van der Waals surface area contributed by atoms with E-state index < -0.39 is 60.3 Å². The van der Waals surface area contributed by atoms with E-state index in [2.05, 4.69) is 9.47 Å². The van der Waals surface area contributed by atoms with Gasteiger partial charge in [-0.15, -0.1) is 0 Å². The Balaban J connectivity index is -0.000000250. The van der Waals surface area contributed by atoms with Gasteiger partial charge in [-0.1, -0.05) is 13.2 Å². The van der Waals surface area contributed by atoms with Crippen LogP contribution in [0.25, 0.3) is 0 Å². The molecule has 2 nitrogen and oxygen atoms in total. The van der Waals surface area contributed by atoms with Crippen LogP contribution >= 0.6 is 0 Å². The van der Waals surface area contributed by atoms with Gasteiger partial charge in [-0.25, -0.2) is 18.3 Å². The second-order valence-corrected chi connectivity index (χ2v) is 5.70. The molecule has 0 aromatic rings. The van der Waals surface area contributed by atoms with E-state index in [0.717, 1.165) is 0 Å². The minimum absolute atomic E-state index is 0. The summed E-state index contributed by atoms with van der Waals surface area (Å²) in [6, 6.07) is 0. The number of rotatable bonds is 8. The fourth-order valence-electron chi connectivity index (χ4n) is 1.01. The summed E-state index contributed by atoms with van der Waals surface area (Å²) in [7, 11) is 0. The highest BCUT2D eigenvalue weighted by molar-refractivity contribution is 4.92. The van der Waals surface area contributed by atoms with Gasteiger partial charge in [-0.2, -0.15) is 61.5 Å². The Kier molecular flexibility index (Phi) is 14.1. The maximum atomic E-state index is 12.5. The van der Waals surface area contributed by atoms with Gasteiger partial charge in [-0.05, 0) is 13.8 Å². The third kappa shape index (κ3) is 12.0. The molecule has 0 aliphatic heterocycles. The van der Waals surface area contributed by atoms with Gasteiger partial charge in [0.05, 0.1) is 0 Å². The number of halogens is 18. The maximum absolute atomic E-state index is 12.5. The van der Waals surface area contributed by atoms with Gasteiger partial charge in [0.1, 0.15) is 11.8 Å². The molecule has 0 aromatic carbocycles. The predicted molar refractivity (Wildman–Crippen MR) is 77.9 cm³/mol. The van der Waals surface area contributed by atoms with Crippen molar-refractivity contribution in [2.24, 2.45) is 11.8 Å². The molecule has 0 radical (unpaired) electrons. The van der Waals surface area contributed by atoms with E-state index in [9.17, 15) is 70.2 Å². The molecule has 2 atom stereocenters. The van der Waals surface area contributed by atoms with Gasteiger partial charge in [0, 0.05) is 0 Å². The third-order valence-electron chi connectivity index (χ3n) is 3.15. The van der Waals surface area contributed by atoms with Gasteiger partial charge in [-0.3, -0.25) is 9.41 Å². The smallest absolute Gasteiger partial charge is 0.269 e. The molecule has 0 saturated heterocycles. The molecule has 0 amide bonds. The molecule has 0 N–H and O–H groups in total. The number of hydrogen-bond acceptors (Lipinski definition) is 2. The van der Waals surface area contributed by atoms with Gasteiger partial charge >= 0.3 is 36.8 Å². The second kappa shape index (κ2) is 12.2. The van der Waals surface area contributed by atoms with E-state index in [0.29, 0.717) is 0 Å². The molecule has 0 aromatic heterocycles. The monoisotopic (exact) mass is 556 g/mol. The van der Waals surface area contributed by atoms with Crippen LogP contribution in [0.4, 0.5) is 79.7 Å². The molecule has 0 aliphatic carbocycles. The summed E-state index contributed by atoms with van der Waals surface area (Å²) >= 11 is 0. The van der Waals surface area contributed by atoms with Crippen LogP contribution in [0, 0.1) is 11.8 Å². The topological polar surface area (TPSA) is 18.5 Å². The van der Waals surface area contributed by atoms with Crippen LogP contribution < -0.4 is 0 Å². The zero-order valence-corrected chi connectivity index (χ0v) is 16.2. The number of ether oxygens (including phenoxy) is 2. The summed E-state index contributed by atoms with van der Waals surface area (Å²) in [5, 5.41) is 0. The zero-order valence-electron chi connectivity index (χ0n) is 16.2. The predicted octanol–water partition coefficient (Wildman–Crippen LogP) is 8.05. The largest absolute Gasteiger partial charge is 0.413 e. The van der Waals surface area contributed by atoms with Crippen molar-refractivity contribution in [3.63, 3.8) is 0 Å². The van der Waals surface area contributed by atoms with Crippen LogP contribution in [0.5, 0.6) is 0 Å². The lowest BCUT2D eigenvalue weighted by molar-refractivity contribution is -0.407. The molecule has 0 spiro atoms. The molecule has 0 bridgehead atoms. The first-order valence-electron chi connectivity index (χ1n) is 7.36. The highest BCUT2D eigenvalue weighted by Crippen LogP contribution is 2.44. The Bertz CT molecular complexity index is 594. The average Bonchev–Trinajstić information content (AvgIpc) is 2.50. The Hall–Kier alpha value is -1.86. The summed E-state index contributed by atoms with van der Waals surface area (Å²) < 4.78 is 199. The first-order valence-corrected chi connectivity index (χ1v) is 7.36. The molecule has 0 rings (SSSR count). The van der Waals surface area contributed by atoms with Crippen LogP contribution in [0.3, 0.4) is 0 Å². The van der Waals surface area contributed by atoms with Crippen molar-refractivity contribution < 1.29 is 89.1 Å². The summed E-state index contributed by atoms with van der Waals surface area (Å²) in [5.74, 6) is -12.2. The number of alkyl halides is 14. The molecular formula is C14H14F18O2. The minimum atomic E-state index is -5.46. The first-order chi connectivity index (χ1) is 13.6. The van der Waals surface area contributed by atoms with E-state index in [1.165, 1.54) is 0 Å². The van der Waals surface area contributed by atoms with E-state index >= 15 is 0 Å². The SMILES string of the molecule is C=C(F)C(F)(F)OC(F)(F)C(C)C(F)(F)F.C=C(F)C(F)(F)OC(F)(F)C(C)C(F)(F)F.F.F. The summed E-state index contributed by atoms with van der Waals surface area (Å²) in [6.45, 7) is 3.81. The van der Waals surface area contributed by atoms with Gasteiger partial charge in [0.2, 0.25) is 0 Å². The standard InChI is InChI=1S/2C7H6F8O.2FH/c2*1-3(5(9,10)11)6(12,13)16-7(14,15)4(2)8;;/h2*3H,2H2,1H3;2*1H. The van der Waals surface area contributed by atoms with E-state index in [1.54, 1.807) is 0 Å². The Morgan fingerprint density at radius 2 is 0.706 bits per heavy atom. The van der Waals surface area contributed by atoms with Crippen LogP contribution in [0.15, 0.2) is 24.8 Å². The van der Waals surface area contributed by atoms with Gasteiger partial charge in [0.15, 0.2) is 11.7 Å². The van der Waals surface area contributed by atoms with Crippen molar-refractivity contribution in [1.29, 1.82) is 0 Å². The van der Waals surface area contributed by atoms with Crippen molar-refractivity contribution in [3.8, 4) is 0 Å². The lowest BCUT2D eigenvalue weighted by atomic mass is 10.1. The Morgan fingerprint density at radius 1 is 0.529 bits per heavy atom. The number of hydrogen-bond donors (Lipinski definition) is 0. The van der Waals surface area contributed by atoms with Crippen molar-refractivity contribution in [1.82, 2.24) is 0 Å². The summed E-state index contributed by atoms with van der Waals surface area (Å²) in [6.07, 6.45) is -31.8. The van der Waals surface area contributed by atoms with E-state index in [-0.39, 0.29) is 23.3 Å². The Morgan fingerprint density at radius 3 is 0.824 bits per heavy atom. The van der Waals surface area contributed by atoms with E-state index in [1.807, 2.05) is 13.2 Å². The van der Waals surface area contributed by atoms with Crippen LogP contribution in [-0.2, 0) is 9.47 Å². The normalized spacial score (nSPS) is 15.1. The van der Waals surface area contributed by atoms with Gasteiger partial charge < -0.3 is 0 Å². The first kappa shape index (κ1) is 39.4. The third-order valence-corrected chi connectivity index (χ3v) is 3.15. The highest BCUT2D eigenvalue weighted by atomic mass is 19.4. The van der Waals surface area contributed by atoms with Crippen LogP contribution in [0.2, 0.25) is 0 Å². The van der Waals surface area contributed by atoms with Crippen LogP contribution in [0.1, 0.15) is 13.8 Å². The lowest BCUT2D eigenvalue weighted by Gasteiger charge is -2.28. The molecule has 34 heavy (non-hydrogen) atoms. The molecule has 0 fully saturated rings. The Labute approximate surface area is 177 Å². The van der Waals surface area contributed by atoms with E-state index in [4.69, 9.17) is 0 Å². The average molecular weight is 556 g/mol. The zero-order chi connectivity index (χ0) is 26.7.